The van der Waals surface area contributed by atoms with Gasteiger partial charge >= 0.3 is 0 Å². The number of nitrogens with zero attached hydrogens (tertiary/aromatic N) is 5. The molecular weight excluding hydrogens is 354 g/mol. The average Bonchev–Trinajstić information content (AvgIpc) is 3.08. The van der Waals surface area contributed by atoms with E-state index in [0.717, 1.165) is 18.7 Å². The van der Waals surface area contributed by atoms with Gasteiger partial charge in [-0.25, -0.2) is 4.68 Å². The maximum Gasteiger partial charge on any atom is 0.246 e. The van der Waals surface area contributed by atoms with Gasteiger partial charge in [-0.05, 0) is 17.8 Å². The molecule has 10 heteroatoms. The maximum absolute atomic E-state index is 12.6. The van der Waals surface area contributed by atoms with Gasteiger partial charge in [-0.2, -0.15) is 4.98 Å². The summed E-state index contributed by atoms with van der Waals surface area (Å²) in [6.07, 6.45) is 1.74. The summed E-state index contributed by atoms with van der Waals surface area (Å²) in [5, 5.41) is 11.4. The summed E-state index contributed by atoms with van der Waals surface area (Å²) in [7, 11) is 0. The van der Waals surface area contributed by atoms with Crippen molar-refractivity contribution in [2.24, 2.45) is 0 Å². The number of hydrogen-bond donors (Lipinski definition) is 2. The monoisotopic (exact) mass is 375 g/mol. The Hall–Kier alpha value is -2.46. The minimum atomic E-state index is 0.0103. The Balaban J connectivity index is 1.50. The molecule has 0 unspecified atom stereocenters. The summed E-state index contributed by atoms with van der Waals surface area (Å²) in [5.74, 6) is 1.29. The van der Waals surface area contributed by atoms with E-state index in [1.807, 2.05) is 4.90 Å². The summed E-state index contributed by atoms with van der Waals surface area (Å²) < 4.78 is 7.18. The molecule has 0 atom stereocenters. The minimum Gasteiger partial charge on any atom is -0.378 e. The van der Waals surface area contributed by atoms with Crippen LogP contribution in [-0.4, -0.2) is 76.5 Å². The van der Waals surface area contributed by atoms with Crippen molar-refractivity contribution >= 4 is 35.0 Å². The molecule has 4 heterocycles. The van der Waals surface area contributed by atoms with E-state index in [2.05, 4.69) is 32.2 Å². The second-order valence-electron chi connectivity index (χ2n) is 6.35. The van der Waals surface area contributed by atoms with Gasteiger partial charge < -0.3 is 25.2 Å². The molecular formula is C16H21N7O2S. The van der Waals surface area contributed by atoms with Crippen LogP contribution in [0.15, 0.2) is 23.9 Å². The Kier molecular flexibility index (Phi) is 4.60. The summed E-state index contributed by atoms with van der Waals surface area (Å²) in [6.45, 7) is 8.50. The van der Waals surface area contributed by atoms with Crippen LogP contribution in [0.5, 0.6) is 0 Å². The fraction of sp³-hybridized carbons (Fsp3) is 0.500. The predicted octanol–water partition coefficient (Wildman–Crippen LogP) is -0.260. The Labute approximate surface area is 156 Å². The third-order valence-corrected chi connectivity index (χ3v) is 4.97. The standard InChI is InChI=1S/C16H21N7O2S/c1-2-3-17-16(26)22-8-11-9-23-14(18-13(11)12(24)10-22)19-15(20-23)21-4-6-25-7-5-21/h2H,1,3-10H2,(H,17,26)(H,18,19,20). The Bertz CT molecular complexity index is 782. The van der Waals surface area contributed by atoms with Crippen LogP contribution in [0.25, 0.3) is 0 Å². The minimum absolute atomic E-state index is 0.0103. The van der Waals surface area contributed by atoms with Gasteiger partial charge in [-0.15, -0.1) is 11.7 Å². The molecule has 3 aliphatic heterocycles. The number of thiocarbonyl (C=S) groups is 1. The zero-order valence-corrected chi connectivity index (χ0v) is 15.2. The summed E-state index contributed by atoms with van der Waals surface area (Å²) >= 11 is 5.37. The highest BCUT2D eigenvalue weighted by molar-refractivity contribution is 7.80. The number of aromatic nitrogens is 3. The molecule has 26 heavy (non-hydrogen) atoms. The molecule has 9 nitrogen and oxygen atoms in total. The van der Waals surface area contributed by atoms with Crippen LogP contribution in [0.2, 0.25) is 0 Å². The number of ketones is 1. The van der Waals surface area contributed by atoms with Crippen molar-refractivity contribution in [2.45, 2.75) is 6.54 Å². The van der Waals surface area contributed by atoms with Gasteiger partial charge in [0.1, 0.15) is 0 Å². The van der Waals surface area contributed by atoms with Gasteiger partial charge in [-0.3, -0.25) is 4.79 Å². The van der Waals surface area contributed by atoms with Gasteiger partial charge in [0.2, 0.25) is 11.9 Å². The van der Waals surface area contributed by atoms with Crippen LogP contribution in [0.1, 0.15) is 0 Å². The first-order valence-corrected chi connectivity index (χ1v) is 9.00. The third-order valence-electron chi connectivity index (χ3n) is 4.57. The number of morpholine rings is 1. The molecule has 1 saturated heterocycles. The molecule has 4 rings (SSSR count). The number of nitrogens with one attached hydrogen (secondary N) is 2. The third kappa shape index (κ3) is 3.17. The lowest BCUT2D eigenvalue weighted by Gasteiger charge is -2.33. The zero-order valence-electron chi connectivity index (χ0n) is 14.4. The van der Waals surface area contributed by atoms with E-state index in [0.29, 0.717) is 55.6 Å². The van der Waals surface area contributed by atoms with Crippen molar-refractivity contribution in [1.29, 1.82) is 0 Å². The Morgan fingerprint density at radius 2 is 2.15 bits per heavy atom. The Morgan fingerprint density at radius 1 is 1.35 bits per heavy atom. The van der Waals surface area contributed by atoms with Crippen molar-refractivity contribution < 1.29 is 9.53 Å². The van der Waals surface area contributed by atoms with E-state index < -0.39 is 0 Å². The Morgan fingerprint density at radius 3 is 2.92 bits per heavy atom. The number of carbonyl (C=O) groups excluding carboxylic acids is 1. The van der Waals surface area contributed by atoms with Crippen LogP contribution >= 0.6 is 12.2 Å². The van der Waals surface area contributed by atoms with Gasteiger partial charge in [0, 0.05) is 26.2 Å². The summed E-state index contributed by atoms with van der Waals surface area (Å²) in [6, 6.07) is 0. The first kappa shape index (κ1) is 17.0. The second kappa shape index (κ2) is 7.04. The van der Waals surface area contributed by atoms with E-state index >= 15 is 0 Å². The predicted molar refractivity (Wildman–Crippen MR) is 101 cm³/mol. The molecule has 1 fully saturated rings. The average molecular weight is 375 g/mol. The molecule has 1 aromatic rings. The van der Waals surface area contributed by atoms with Crippen molar-refractivity contribution in [3.05, 3.63) is 23.9 Å². The molecule has 2 N–H and O–H groups in total. The molecule has 0 aromatic carbocycles. The molecule has 0 saturated carbocycles. The van der Waals surface area contributed by atoms with Gasteiger partial charge in [0.15, 0.2) is 10.9 Å². The number of rotatable bonds is 3. The van der Waals surface area contributed by atoms with E-state index in [9.17, 15) is 4.79 Å². The molecule has 3 aliphatic rings. The number of hydrogen-bond acceptors (Lipinski definition) is 7. The van der Waals surface area contributed by atoms with Crippen molar-refractivity contribution in [3.8, 4) is 0 Å². The molecule has 0 bridgehead atoms. The number of fused-ring (bicyclic) bond motifs is 1. The normalized spacial score (nSPS) is 19.6. The number of Topliss-reactive ketones (excluding diaryl/α,β-unsaturated/α-hetero) is 1. The fourth-order valence-electron chi connectivity index (χ4n) is 3.24. The van der Waals surface area contributed by atoms with E-state index in [1.54, 1.807) is 10.8 Å². The second-order valence-corrected chi connectivity index (χ2v) is 6.74. The summed E-state index contributed by atoms with van der Waals surface area (Å²) in [4.78, 5) is 21.1. The number of carbonyl (C=O) groups is 1. The lowest BCUT2D eigenvalue weighted by atomic mass is 10.0. The van der Waals surface area contributed by atoms with Gasteiger partial charge in [-0.1, -0.05) is 6.08 Å². The highest BCUT2D eigenvalue weighted by Crippen LogP contribution is 2.26. The van der Waals surface area contributed by atoms with E-state index in [4.69, 9.17) is 17.0 Å². The number of anilines is 2. The van der Waals surface area contributed by atoms with Crippen LogP contribution < -0.4 is 15.5 Å². The van der Waals surface area contributed by atoms with Crippen LogP contribution in [0.4, 0.5) is 11.9 Å². The largest absolute Gasteiger partial charge is 0.378 e. The molecule has 0 radical (unpaired) electrons. The van der Waals surface area contributed by atoms with Crippen molar-refractivity contribution in [3.63, 3.8) is 0 Å². The SMILES string of the molecule is C=CCNC(=S)N1CC(=O)C2=C(C1)Cn1nc(N3CCOCC3)nc1N2. The summed E-state index contributed by atoms with van der Waals surface area (Å²) in [5.41, 5.74) is 1.59. The van der Waals surface area contributed by atoms with E-state index in [1.165, 1.54) is 0 Å². The lowest BCUT2D eigenvalue weighted by molar-refractivity contribution is -0.116. The van der Waals surface area contributed by atoms with Crippen molar-refractivity contribution in [2.75, 3.05) is 56.2 Å². The van der Waals surface area contributed by atoms with Crippen LogP contribution in [0, 0.1) is 0 Å². The number of ether oxygens (including phenoxy) is 1. The molecule has 0 aliphatic carbocycles. The molecule has 1 aromatic heterocycles. The smallest absolute Gasteiger partial charge is 0.246 e. The van der Waals surface area contributed by atoms with Crippen molar-refractivity contribution in [1.82, 2.24) is 25.0 Å². The first-order valence-electron chi connectivity index (χ1n) is 8.59. The molecule has 0 amide bonds. The highest BCUT2D eigenvalue weighted by Gasteiger charge is 2.32. The first-order chi connectivity index (χ1) is 12.7. The lowest BCUT2D eigenvalue weighted by Crippen LogP contribution is -2.48. The van der Waals surface area contributed by atoms with Gasteiger partial charge in [0.25, 0.3) is 0 Å². The fourth-order valence-corrected chi connectivity index (χ4v) is 3.45. The highest BCUT2D eigenvalue weighted by atomic mass is 32.1. The maximum atomic E-state index is 12.6. The van der Waals surface area contributed by atoms with Gasteiger partial charge in [0.05, 0.1) is 32.0 Å². The topological polar surface area (TPSA) is 87.6 Å². The molecule has 138 valence electrons. The quantitative estimate of drug-likeness (QED) is 0.548. The zero-order chi connectivity index (χ0) is 18.1. The molecule has 0 spiro atoms. The van der Waals surface area contributed by atoms with E-state index in [-0.39, 0.29) is 12.3 Å². The van der Waals surface area contributed by atoms with Crippen LogP contribution in [0.3, 0.4) is 0 Å². The van der Waals surface area contributed by atoms with Crippen LogP contribution in [-0.2, 0) is 16.1 Å².